The monoisotopic (exact) mass is 333 g/mol. The molecule has 0 fully saturated rings. The Balaban J connectivity index is 1.89. The van der Waals surface area contributed by atoms with E-state index in [2.05, 4.69) is 43.4 Å². The van der Waals surface area contributed by atoms with Gasteiger partial charge >= 0.3 is 0 Å². The van der Waals surface area contributed by atoms with E-state index in [4.69, 9.17) is 9.84 Å². The summed E-state index contributed by atoms with van der Waals surface area (Å²) in [6.07, 6.45) is 0.995. The third kappa shape index (κ3) is 2.78. The molecule has 4 rings (SSSR count). The SMILES string of the molecule is CCOc1ccccc1-n1nc(-c2cc(C)cc(C)c2)c2c1NCC2. The Kier molecular flexibility index (Phi) is 3.96. The third-order valence-electron chi connectivity index (χ3n) is 4.54. The lowest BCUT2D eigenvalue weighted by molar-refractivity contribution is 0.338. The molecule has 0 atom stereocenters. The maximum atomic E-state index is 5.82. The molecule has 1 N–H and O–H groups in total. The topological polar surface area (TPSA) is 39.1 Å². The first kappa shape index (κ1) is 15.8. The van der Waals surface area contributed by atoms with Crippen LogP contribution in [0.5, 0.6) is 5.75 Å². The molecule has 25 heavy (non-hydrogen) atoms. The van der Waals surface area contributed by atoms with E-state index >= 15 is 0 Å². The molecule has 0 unspecified atom stereocenters. The number of anilines is 1. The minimum atomic E-state index is 0.637. The summed E-state index contributed by atoms with van der Waals surface area (Å²) in [4.78, 5) is 0. The average Bonchev–Trinajstić information content (AvgIpc) is 3.17. The molecule has 1 aromatic heterocycles. The molecule has 0 aliphatic carbocycles. The summed E-state index contributed by atoms with van der Waals surface area (Å²) >= 11 is 0. The number of benzene rings is 2. The molecule has 0 saturated carbocycles. The Morgan fingerprint density at radius 2 is 1.88 bits per heavy atom. The number of hydrogen-bond donors (Lipinski definition) is 1. The molecule has 0 amide bonds. The Morgan fingerprint density at radius 1 is 1.12 bits per heavy atom. The number of fused-ring (bicyclic) bond motifs is 1. The fraction of sp³-hybridized carbons (Fsp3) is 0.286. The molecule has 0 saturated heterocycles. The van der Waals surface area contributed by atoms with Crippen LogP contribution in [0.2, 0.25) is 0 Å². The zero-order chi connectivity index (χ0) is 17.4. The van der Waals surface area contributed by atoms with E-state index in [1.807, 2.05) is 29.8 Å². The summed E-state index contributed by atoms with van der Waals surface area (Å²) in [5, 5.41) is 8.47. The largest absolute Gasteiger partial charge is 0.492 e. The number of para-hydroxylation sites is 2. The van der Waals surface area contributed by atoms with Crippen LogP contribution >= 0.6 is 0 Å². The molecule has 2 aromatic carbocycles. The van der Waals surface area contributed by atoms with Crippen molar-refractivity contribution in [1.29, 1.82) is 0 Å². The van der Waals surface area contributed by atoms with Gasteiger partial charge in [-0.25, -0.2) is 4.68 Å². The second-order valence-corrected chi connectivity index (χ2v) is 6.54. The molecule has 0 spiro atoms. The first-order valence-corrected chi connectivity index (χ1v) is 8.84. The Labute approximate surface area is 148 Å². The smallest absolute Gasteiger partial charge is 0.145 e. The number of aryl methyl sites for hydroxylation is 2. The molecule has 1 aliphatic heterocycles. The Bertz CT molecular complexity index is 907. The van der Waals surface area contributed by atoms with Gasteiger partial charge in [0.1, 0.15) is 17.3 Å². The molecule has 2 heterocycles. The number of ether oxygens (including phenoxy) is 1. The van der Waals surface area contributed by atoms with Crippen LogP contribution in [-0.4, -0.2) is 22.9 Å². The van der Waals surface area contributed by atoms with Gasteiger partial charge in [-0.2, -0.15) is 5.10 Å². The lowest BCUT2D eigenvalue weighted by atomic mass is 10.0. The van der Waals surface area contributed by atoms with Crippen LogP contribution in [0.3, 0.4) is 0 Å². The van der Waals surface area contributed by atoms with Crippen molar-refractivity contribution in [1.82, 2.24) is 9.78 Å². The highest BCUT2D eigenvalue weighted by Crippen LogP contribution is 2.37. The van der Waals surface area contributed by atoms with Crippen LogP contribution in [-0.2, 0) is 6.42 Å². The van der Waals surface area contributed by atoms with Crippen molar-refractivity contribution < 1.29 is 4.74 Å². The Hall–Kier alpha value is -2.75. The van der Waals surface area contributed by atoms with Crippen molar-refractivity contribution in [3.63, 3.8) is 0 Å². The average molecular weight is 333 g/mol. The summed E-state index contributed by atoms with van der Waals surface area (Å²) in [5.41, 5.74) is 7.04. The molecule has 128 valence electrons. The van der Waals surface area contributed by atoms with Gasteiger partial charge in [0.2, 0.25) is 0 Å². The minimum absolute atomic E-state index is 0.637. The number of aromatic nitrogens is 2. The zero-order valence-electron chi connectivity index (χ0n) is 15.0. The van der Waals surface area contributed by atoms with Crippen LogP contribution in [0, 0.1) is 13.8 Å². The van der Waals surface area contributed by atoms with Crippen molar-refractivity contribution >= 4 is 5.82 Å². The minimum Gasteiger partial charge on any atom is -0.492 e. The van der Waals surface area contributed by atoms with E-state index in [1.54, 1.807) is 0 Å². The van der Waals surface area contributed by atoms with Crippen molar-refractivity contribution in [2.45, 2.75) is 27.2 Å². The predicted molar refractivity (Wildman–Crippen MR) is 102 cm³/mol. The van der Waals surface area contributed by atoms with E-state index in [-0.39, 0.29) is 0 Å². The highest BCUT2D eigenvalue weighted by molar-refractivity contribution is 5.74. The molecule has 0 bridgehead atoms. The van der Waals surface area contributed by atoms with Gasteiger partial charge in [-0.1, -0.05) is 29.3 Å². The summed E-state index contributed by atoms with van der Waals surface area (Å²) in [6, 6.07) is 14.7. The molecule has 4 nitrogen and oxygen atoms in total. The van der Waals surface area contributed by atoms with Crippen LogP contribution in [0.25, 0.3) is 16.9 Å². The summed E-state index contributed by atoms with van der Waals surface area (Å²) in [6.45, 7) is 7.86. The van der Waals surface area contributed by atoms with E-state index < -0.39 is 0 Å². The van der Waals surface area contributed by atoms with Gasteiger partial charge in [0.15, 0.2) is 0 Å². The zero-order valence-corrected chi connectivity index (χ0v) is 15.0. The van der Waals surface area contributed by atoms with Gasteiger partial charge in [-0.3, -0.25) is 0 Å². The number of nitrogens with zero attached hydrogens (tertiary/aromatic N) is 2. The molecule has 3 aromatic rings. The number of nitrogens with one attached hydrogen (secondary N) is 1. The first-order chi connectivity index (χ1) is 12.2. The molecular weight excluding hydrogens is 310 g/mol. The van der Waals surface area contributed by atoms with Gasteiger partial charge < -0.3 is 10.1 Å². The highest BCUT2D eigenvalue weighted by Gasteiger charge is 2.25. The fourth-order valence-corrected chi connectivity index (χ4v) is 3.60. The maximum absolute atomic E-state index is 5.82. The van der Waals surface area contributed by atoms with E-state index in [9.17, 15) is 0 Å². The van der Waals surface area contributed by atoms with Gasteiger partial charge in [-0.15, -0.1) is 0 Å². The van der Waals surface area contributed by atoms with Crippen LogP contribution in [0.4, 0.5) is 5.82 Å². The molecule has 0 radical (unpaired) electrons. The van der Waals surface area contributed by atoms with E-state index in [0.29, 0.717) is 6.61 Å². The summed E-state index contributed by atoms with van der Waals surface area (Å²) in [5.74, 6) is 1.94. The normalized spacial score (nSPS) is 12.8. The molecular formula is C21H23N3O. The van der Waals surface area contributed by atoms with Crippen molar-refractivity contribution in [3.8, 4) is 22.7 Å². The van der Waals surface area contributed by atoms with Crippen LogP contribution in [0.1, 0.15) is 23.6 Å². The Morgan fingerprint density at radius 3 is 2.64 bits per heavy atom. The molecule has 1 aliphatic rings. The van der Waals surface area contributed by atoms with Crippen molar-refractivity contribution in [3.05, 3.63) is 59.2 Å². The lowest BCUT2D eigenvalue weighted by Gasteiger charge is -2.12. The highest BCUT2D eigenvalue weighted by atomic mass is 16.5. The standard InChI is InChI=1S/C21H23N3O/c1-4-25-19-8-6-5-7-18(19)24-21-17(9-10-22-21)20(23-24)16-12-14(2)11-15(3)13-16/h5-8,11-13,22H,4,9-10H2,1-3H3. The lowest BCUT2D eigenvalue weighted by Crippen LogP contribution is -2.06. The number of hydrogen-bond acceptors (Lipinski definition) is 3. The van der Waals surface area contributed by atoms with E-state index in [0.717, 1.165) is 35.9 Å². The fourth-order valence-electron chi connectivity index (χ4n) is 3.60. The second kappa shape index (κ2) is 6.28. The van der Waals surface area contributed by atoms with Gasteiger partial charge in [-0.05, 0) is 51.5 Å². The van der Waals surface area contributed by atoms with Crippen molar-refractivity contribution in [2.75, 3.05) is 18.5 Å². The summed E-state index contributed by atoms with van der Waals surface area (Å²) < 4.78 is 7.82. The third-order valence-corrected chi connectivity index (χ3v) is 4.54. The van der Waals surface area contributed by atoms with Gasteiger partial charge in [0.05, 0.1) is 12.3 Å². The van der Waals surface area contributed by atoms with E-state index in [1.165, 1.54) is 22.3 Å². The van der Waals surface area contributed by atoms with Crippen LogP contribution < -0.4 is 10.1 Å². The predicted octanol–water partition coefficient (Wildman–Crippen LogP) is 4.52. The first-order valence-electron chi connectivity index (χ1n) is 8.84. The van der Waals surface area contributed by atoms with Crippen molar-refractivity contribution in [2.24, 2.45) is 0 Å². The van der Waals surface area contributed by atoms with Crippen LogP contribution in [0.15, 0.2) is 42.5 Å². The summed E-state index contributed by atoms with van der Waals surface area (Å²) in [7, 11) is 0. The second-order valence-electron chi connectivity index (χ2n) is 6.54. The van der Waals surface area contributed by atoms with Gasteiger partial charge in [0.25, 0.3) is 0 Å². The molecule has 4 heteroatoms. The quantitative estimate of drug-likeness (QED) is 0.763. The van der Waals surface area contributed by atoms with Gasteiger partial charge in [0, 0.05) is 17.7 Å². The number of rotatable bonds is 4. The maximum Gasteiger partial charge on any atom is 0.145 e.